The van der Waals surface area contributed by atoms with Crippen molar-refractivity contribution in [2.75, 3.05) is 7.05 Å². The van der Waals surface area contributed by atoms with E-state index >= 15 is 0 Å². The molecule has 154 valence electrons. The van der Waals surface area contributed by atoms with Crippen LogP contribution in [0.1, 0.15) is 22.5 Å². The van der Waals surface area contributed by atoms with Crippen molar-refractivity contribution in [3.8, 4) is 5.82 Å². The van der Waals surface area contributed by atoms with E-state index < -0.39 is 11.6 Å². The van der Waals surface area contributed by atoms with Crippen LogP contribution in [0.3, 0.4) is 0 Å². The number of halogens is 3. The third-order valence-corrected chi connectivity index (χ3v) is 4.17. The molecule has 6 nitrogen and oxygen atoms in total. The van der Waals surface area contributed by atoms with Gasteiger partial charge in [-0.05, 0) is 49.7 Å². The zero-order valence-corrected chi connectivity index (χ0v) is 18.7. The van der Waals surface area contributed by atoms with Gasteiger partial charge in [0.1, 0.15) is 11.6 Å². The molecule has 0 spiro atoms. The lowest BCUT2D eigenvalue weighted by Gasteiger charge is -2.13. The van der Waals surface area contributed by atoms with Gasteiger partial charge < -0.3 is 10.6 Å². The van der Waals surface area contributed by atoms with Gasteiger partial charge in [-0.1, -0.05) is 6.07 Å². The van der Waals surface area contributed by atoms with Gasteiger partial charge >= 0.3 is 0 Å². The van der Waals surface area contributed by atoms with E-state index in [1.165, 1.54) is 0 Å². The van der Waals surface area contributed by atoms with Crippen LogP contribution in [0.25, 0.3) is 5.82 Å². The highest BCUT2D eigenvalue weighted by molar-refractivity contribution is 14.0. The molecule has 0 saturated heterocycles. The predicted molar refractivity (Wildman–Crippen MR) is 120 cm³/mol. The highest BCUT2D eigenvalue weighted by atomic mass is 127. The first-order valence-electron chi connectivity index (χ1n) is 8.83. The lowest BCUT2D eigenvalue weighted by Crippen LogP contribution is -2.36. The third kappa shape index (κ3) is 5.96. The molecular formula is C20H23F2IN6. The summed E-state index contributed by atoms with van der Waals surface area (Å²) >= 11 is 0. The van der Waals surface area contributed by atoms with Crippen LogP contribution in [0.15, 0.2) is 47.6 Å². The first-order chi connectivity index (χ1) is 13.5. The van der Waals surface area contributed by atoms with E-state index in [1.54, 1.807) is 17.9 Å². The summed E-state index contributed by atoms with van der Waals surface area (Å²) < 4.78 is 28.7. The number of rotatable bonds is 5. The summed E-state index contributed by atoms with van der Waals surface area (Å²) in [4.78, 5) is 8.54. The van der Waals surface area contributed by atoms with Gasteiger partial charge in [0.25, 0.3) is 0 Å². The molecule has 0 radical (unpaired) electrons. The second-order valence-electron chi connectivity index (χ2n) is 6.38. The Morgan fingerprint density at radius 2 is 1.83 bits per heavy atom. The van der Waals surface area contributed by atoms with E-state index in [0.717, 1.165) is 41.0 Å². The molecule has 2 aromatic heterocycles. The minimum absolute atomic E-state index is 0. The van der Waals surface area contributed by atoms with Crippen molar-refractivity contribution < 1.29 is 8.78 Å². The van der Waals surface area contributed by atoms with Gasteiger partial charge in [0.15, 0.2) is 11.8 Å². The average molecular weight is 512 g/mol. The minimum Gasteiger partial charge on any atom is -0.352 e. The molecule has 0 amide bonds. The van der Waals surface area contributed by atoms with Gasteiger partial charge in [0.05, 0.1) is 5.69 Å². The van der Waals surface area contributed by atoms with Crippen LogP contribution in [0.2, 0.25) is 0 Å². The number of guanidine groups is 1. The van der Waals surface area contributed by atoms with Crippen molar-refractivity contribution in [1.29, 1.82) is 0 Å². The maximum absolute atomic E-state index is 13.7. The summed E-state index contributed by atoms with van der Waals surface area (Å²) in [5.41, 5.74) is 3.14. The third-order valence-electron chi connectivity index (χ3n) is 4.17. The summed E-state index contributed by atoms with van der Waals surface area (Å²) in [7, 11) is 1.61. The van der Waals surface area contributed by atoms with Crippen LogP contribution in [0, 0.1) is 25.5 Å². The Labute approximate surface area is 185 Å². The molecule has 0 atom stereocenters. The number of aromatic nitrogens is 3. The Kier molecular flexibility index (Phi) is 8.06. The number of pyridine rings is 1. The fraction of sp³-hybridized carbons (Fsp3) is 0.250. The summed E-state index contributed by atoms with van der Waals surface area (Å²) in [5.74, 6) is 0.285. The van der Waals surface area contributed by atoms with Crippen molar-refractivity contribution in [3.05, 3.63) is 76.7 Å². The van der Waals surface area contributed by atoms with Gasteiger partial charge in [0.2, 0.25) is 0 Å². The molecular weight excluding hydrogens is 489 g/mol. The number of benzene rings is 1. The Balaban J connectivity index is 0.00000300. The Bertz CT molecular complexity index is 985. The molecule has 0 aliphatic heterocycles. The molecule has 2 N–H and O–H groups in total. The Morgan fingerprint density at radius 3 is 2.45 bits per heavy atom. The normalized spacial score (nSPS) is 11.1. The topological polar surface area (TPSA) is 67.1 Å². The lowest BCUT2D eigenvalue weighted by molar-refractivity contribution is 0.581. The van der Waals surface area contributed by atoms with Crippen LogP contribution >= 0.6 is 24.0 Å². The number of hydrogen-bond acceptors (Lipinski definition) is 3. The fourth-order valence-electron chi connectivity index (χ4n) is 2.77. The van der Waals surface area contributed by atoms with E-state index in [0.29, 0.717) is 12.5 Å². The molecule has 3 rings (SSSR count). The van der Waals surface area contributed by atoms with Gasteiger partial charge in [-0.2, -0.15) is 5.10 Å². The van der Waals surface area contributed by atoms with Crippen LogP contribution < -0.4 is 10.6 Å². The number of nitrogens with zero attached hydrogens (tertiary/aromatic N) is 4. The summed E-state index contributed by atoms with van der Waals surface area (Å²) in [6.07, 6.45) is 1.76. The van der Waals surface area contributed by atoms with E-state index in [9.17, 15) is 8.78 Å². The maximum Gasteiger partial charge on any atom is 0.191 e. The first-order valence-corrected chi connectivity index (χ1v) is 8.83. The lowest BCUT2D eigenvalue weighted by atomic mass is 10.2. The van der Waals surface area contributed by atoms with E-state index in [1.807, 2.05) is 32.0 Å². The maximum atomic E-state index is 13.7. The largest absolute Gasteiger partial charge is 0.352 e. The van der Waals surface area contributed by atoms with Gasteiger partial charge in [-0.25, -0.2) is 18.4 Å². The molecule has 1 aromatic carbocycles. The molecule has 9 heteroatoms. The van der Waals surface area contributed by atoms with Gasteiger partial charge in [0, 0.05) is 37.6 Å². The predicted octanol–water partition coefficient (Wildman–Crippen LogP) is 3.65. The molecule has 29 heavy (non-hydrogen) atoms. The summed E-state index contributed by atoms with van der Waals surface area (Å²) in [6, 6.07) is 9.21. The SMILES string of the molecule is CN=C(NCc1ccc(-n2nc(C)cc2C)nc1)NCc1cc(F)ccc1F.I. The molecule has 0 aliphatic rings. The van der Waals surface area contributed by atoms with Crippen molar-refractivity contribution in [2.24, 2.45) is 4.99 Å². The molecule has 2 heterocycles. The van der Waals surface area contributed by atoms with Crippen LogP contribution in [-0.4, -0.2) is 27.8 Å². The van der Waals surface area contributed by atoms with Crippen molar-refractivity contribution >= 4 is 29.9 Å². The Hall–Kier alpha value is -2.56. The molecule has 0 saturated carbocycles. The smallest absolute Gasteiger partial charge is 0.191 e. The fourth-order valence-corrected chi connectivity index (χ4v) is 2.77. The molecule has 0 aliphatic carbocycles. The number of aliphatic imine (C=N–C) groups is 1. The highest BCUT2D eigenvalue weighted by Crippen LogP contribution is 2.11. The molecule has 3 aromatic rings. The average Bonchev–Trinajstić information content (AvgIpc) is 3.03. The second kappa shape index (κ2) is 10.3. The van der Waals surface area contributed by atoms with Gasteiger partial charge in [-0.15, -0.1) is 24.0 Å². The number of aryl methyl sites for hydroxylation is 2. The van der Waals surface area contributed by atoms with Crippen molar-refractivity contribution in [3.63, 3.8) is 0 Å². The second-order valence-corrected chi connectivity index (χ2v) is 6.38. The Morgan fingerprint density at radius 1 is 1.07 bits per heavy atom. The zero-order chi connectivity index (χ0) is 20.1. The zero-order valence-electron chi connectivity index (χ0n) is 16.4. The van der Waals surface area contributed by atoms with Crippen LogP contribution in [0.5, 0.6) is 0 Å². The molecule has 0 fully saturated rings. The minimum atomic E-state index is -0.477. The van der Waals surface area contributed by atoms with E-state index in [-0.39, 0.29) is 36.1 Å². The number of hydrogen-bond donors (Lipinski definition) is 2. The van der Waals surface area contributed by atoms with Crippen LogP contribution in [0.4, 0.5) is 8.78 Å². The number of nitrogens with one attached hydrogen (secondary N) is 2. The summed E-state index contributed by atoms with van der Waals surface area (Å²) in [5, 5.41) is 10.5. The summed E-state index contributed by atoms with van der Waals surface area (Å²) in [6.45, 7) is 4.53. The van der Waals surface area contributed by atoms with Crippen molar-refractivity contribution in [2.45, 2.75) is 26.9 Å². The first kappa shape index (κ1) is 22.7. The standard InChI is InChI=1S/C20H22F2N6.HI/c1-13-8-14(2)28(27-13)19-7-4-15(10-24-19)11-25-20(23-3)26-12-16-9-17(21)5-6-18(16)22;/h4-10H,11-12H2,1-3H3,(H2,23,25,26);1H. The van der Waals surface area contributed by atoms with E-state index in [2.05, 4.69) is 25.7 Å². The van der Waals surface area contributed by atoms with Gasteiger partial charge in [-0.3, -0.25) is 4.99 Å². The monoisotopic (exact) mass is 512 g/mol. The van der Waals surface area contributed by atoms with Crippen molar-refractivity contribution in [1.82, 2.24) is 25.4 Å². The van der Waals surface area contributed by atoms with E-state index in [4.69, 9.17) is 0 Å². The highest BCUT2D eigenvalue weighted by Gasteiger charge is 2.07. The molecule has 0 unspecified atom stereocenters. The quantitative estimate of drug-likeness (QED) is 0.311. The molecule has 0 bridgehead atoms. The van der Waals surface area contributed by atoms with Crippen LogP contribution in [-0.2, 0) is 13.1 Å².